The summed E-state index contributed by atoms with van der Waals surface area (Å²) in [5, 5.41) is 11.7. The summed E-state index contributed by atoms with van der Waals surface area (Å²) < 4.78 is 27.2. The van der Waals surface area contributed by atoms with E-state index in [9.17, 15) is 13.2 Å². The molecule has 2 aromatic heterocycles. The van der Waals surface area contributed by atoms with Gasteiger partial charge in [0.25, 0.3) is 5.91 Å². The smallest absolute Gasteiger partial charge is 0.272 e. The molecule has 1 amide bonds. The number of unbranched alkanes of at least 4 members (excludes halogenated alkanes) is 1. The summed E-state index contributed by atoms with van der Waals surface area (Å²) in [4.78, 5) is 17.2. The number of rotatable bonds is 7. The second-order valence-corrected chi connectivity index (χ2v) is 8.90. The molecule has 27 heavy (non-hydrogen) atoms. The molecule has 0 aromatic carbocycles. The Morgan fingerprint density at radius 1 is 1.37 bits per heavy atom. The van der Waals surface area contributed by atoms with Gasteiger partial charge in [0, 0.05) is 38.4 Å². The van der Waals surface area contributed by atoms with E-state index in [1.54, 1.807) is 0 Å². The Hall–Kier alpha value is -1.97. The summed E-state index contributed by atoms with van der Waals surface area (Å²) in [5.74, 6) is 0.414. The number of carbonyl (C=O) groups is 1. The maximum atomic E-state index is 12.6. The van der Waals surface area contributed by atoms with Crippen LogP contribution in [0.1, 0.15) is 47.9 Å². The van der Waals surface area contributed by atoms with E-state index in [0.717, 1.165) is 18.7 Å². The van der Waals surface area contributed by atoms with E-state index in [-0.39, 0.29) is 18.4 Å². The molecule has 2 N–H and O–H groups in total. The molecule has 148 valence electrons. The van der Waals surface area contributed by atoms with Crippen molar-refractivity contribution in [2.24, 2.45) is 0 Å². The highest BCUT2D eigenvalue weighted by Gasteiger charge is 2.30. The number of nitrogens with zero attached hydrogens (tertiary/aromatic N) is 3. The summed E-state index contributed by atoms with van der Waals surface area (Å²) in [5.41, 5.74) is 1.06. The number of nitrogens with one attached hydrogen (secondary N) is 1. The highest BCUT2D eigenvalue weighted by Crippen LogP contribution is 2.29. The second-order valence-electron chi connectivity index (χ2n) is 6.92. The molecule has 0 spiro atoms. The van der Waals surface area contributed by atoms with Crippen LogP contribution in [0.4, 0.5) is 0 Å². The fraction of sp³-hybridized carbons (Fsp3) is 0.556. The van der Waals surface area contributed by atoms with Gasteiger partial charge in [-0.15, -0.1) is 0 Å². The molecular weight excluding hydrogens is 368 g/mol. The summed E-state index contributed by atoms with van der Waals surface area (Å²) in [6, 6.07) is 5.57. The highest BCUT2D eigenvalue weighted by molar-refractivity contribution is 7.88. The van der Waals surface area contributed by atoms with Crippen molar-refractivity contribution >= 4 is 21.4 Å². The third-order valence-electron chi connectivity index (χ3n) is 4.88. The van der Waals surface area contributed by atoms with Gasteiger partial charge in [-0.2, -0.15) is 0 Å². The Bertz CT molecular complexity index is 909. The number of aromatic nitrogens is 2. The van der Waals surface area contributed by atoms with Crippen molar-refractivity contribution in [3.8, 4) is 0 Å². The predicted molar refractivity (Wildman–Crippen MR) is 102 cm³/mol. The number of piperidine rings is 1. The Balaban J connectivity index is 1.87. The molecule has 3 heterocycles. The van der Waals surface area contributed by atoms with Crippen LogP contribution in [0.5, 0.6) is 0 Å². The van der Waals surface area contributed by atoms with Gasteiger partial charge in [-0.25, -0.2) is 17.7 Å². The van der Waals surface area contributed by atoms with E-state index in [1.807, 2.05) is 28.8 Å². The van der Waals surface area contributed by atoms with Crippen LogP contribution in [-0.4, -0.2) is 65.6 Å². The Morgan fingerprint density at radius 3 is 2.93 bits per heavy atom. The summed E-state index contributed by atoms with van der Waals surface area (Å²) >= 11 is 0. The lowest BCUT2D eigenvalue weighted by atomic mass is 9.99. The van der Waals surface area contributed by atoms with Crippen molar-refractivity contribution in [2.75, 3.05) is 32.5 Å². The standard InChI is InChI=1S/C18H26N4O4S/c1-27(25,26)21-10-6-7-14(13-21)17-20-16(15-8-2-4-11-22(15)17)18(24)19-9-3-5-12-23/h2,4,8,11,14,23H,3,5-7,9-10,12-13H2,1H3,(H,19,24). The van der Waals surface area contributed by atoms with E-state index in [2.05, 4.69) is 10.3 Å². The number of hydrogen-bond acceptors (Lipinski definition) is 5. The zero-order chi connectivity index (χ0) is 19.4. The normalized spacial score (nSPS) is 18.7. The van der Waals surface area contributed by atoms with Crippen molar-refractivity contribution < 1.29 is 18.3 Å². The molecule has 1 atom stereocenters. The van der Waals surface area contributed by atoms with Crippen molar-refractivity contribution in [1.82, 2.24) is 19.0 Å². The molecule has 0 bridgehead atoms. The second kappa shape index (κ2) is 8.37. The van der Waals surface area contributed by atoms with Crippen LogP contribution in [0, 0.1) is 0 Å². The molecule has 1 saturated heterocycles. The lowest BCUT2D eigenvalue weighted by molar-refractivity contribution is 0.0949. The fourth-order valence-electron chi connectivity index (χ4n) is 3.49. The Morgan fingerprint density at radius 2 is 2.19 bits per heavy atom. The number of amides is 1. The average Bonchev–Trinajstić information content (AvgIpc) is 3.04. The van der Waals surface area contributed by atoms with E-state index in [4.69, 9.17) is 5.11 Å². The summed E-state index contributed by atoms with van der Waals surface area (Å²) in [6.45, 7) is 1.49. The quantitative estimate of drug-likeness (QED) is 0.681. The van der Waals surface area contributed by atoms with Gasteiger partial charge in [0.2, 0.25) is 10.0 Å². The van der Waals surface area contributed by atoms with Gasteiger partial charge >= 0.3 is 0 Å². The molecule has 1 aliphatic heterocycles. The van der Waals surface area contributed by atoms with Crippen molar-refractivity contribution in [2.45, 2.75) is 31.6 Å². The number of carbonyl (C=O) groups excluding carboxylic acids is 1. The van der Waals surface area contributed by atoms with Crippen LogP contribution in [0.2, 0.25) is 0 Å². The number of fused-ring (bicyclic) bond motifs is 1. The van der Waals surface area contributed by atoms with Gasteiger partial charge in [0.15, 0.2) is 5.69 Å². The van der Waals surface area contributed by atoms with E-state index in [1.165, 1.54) is 10.6 Å². The van der Waals surface area contributed by atoms with Gasteiger partial charge in [0.05, 0.1) is 11.8 Å². The monoisotopic (exact) mass is 394 g/mol. The molecule has 1 unspecified atom stereocenters. The minimum absolute atomic E-state index is 0.0562. The first-order chi connectivity index (χ1) is 12.9. The Kier molecular flexibility index (Phi) is 6.13. The molecule has 0 radical (unpaired) electrons. The van der Waals surface area contributed by atoms with Crippen molar-refractivity contribution in [3.63, 3.8) is 0 Å². The van der Waals surface area contributed by atoms with Gasteiger partial charge in [-0.3, -0.25) is 4.79 Å². The average molecular weight is 394 g/mol. The van der Waals surface area contributed by atoms with Crippen LogP contribution in [0.15, 0.2) is 24.4 Å². The number of pyridine rings is 1. The number of sulfonamides is 1. The van der Waals surface area contributed by atoms with Crippen LogP contribution in [-0.2, 0) is 10.0 Å². The Labute approximate surface area is 159 Å². The molecule has 0 aliphatic carbocycles. The lowest BCUT2D eigenvalue weighted by Crippen LogP contribution is -2.38. The summed E-state index contributed by atoms with van der Waals surface area (Å²) in [6.07, 6.45) is 6.02. The minimum Gasteiger partial charge on any atom is -0.396 e. The first kappa shape index (κ1) is 19.8. The highest BCUT2D eigenvalue weighted by atomic mass is 32.2. The van der Waals surface area contributed by atoms with Crippen molar-refractivity contribution in [3.05, 3.63) is 35.9 Å². The topological polar surface area (TPSA) is 104 Å². The molecule has 1 fully saturated rings. The predicted octanol–water partition coefficient (Wildman–Crippen LogP) is 0.976. The first-order valence-electron chi connectivity index (χ1n) is 9.23. The number of imidazole rings is 1. The SMILES string of the molecule is CS(=O)(=O)N1CCCC(c2nc(C(=O)NCCCCO)c3ccccn23)C1. The van der Waals surface area contributed by atoms with Gasteiger partial charge in [-0.1, -0.05) is 6.07 Å². The maximum Gasteiger partial charge on any atom is 0.272 e. The first-order valence-corrected chi connectivity index (χ1v) is 11.1. The van der Waals surface area contributed by atoms with E-state index in [0.29, 0.717) is 43.7 Å². The third-order valence-corrected chi connectivity index (χ3v) is 6.15. The zero-order valence-corrected chi connectivity index (χ0v) is 16.3. The number of hydrogen-bond donors (Lipinski definition) is 2. The lowest BCUT2D eigenvalue weighted by Gasteiger charge is -2.30. The van der Waals surface area contributed by atoms with E-state index < -0.39 is 10.0 Å². The molecule has 2 aromatic rings. The minimum atomic E-state index is -3.25. The number of aliphatic hydroxyl groups is 1. The van der Waals surface area contributed by atoms with Crippen LogP contribution in [0.25, 0.3) is 5.52 Å². The van der Waals surface area contributed by atoms with Crippen LogP contribution < -0.4 is 5.32 Å². The molecular formula is C18H26N4O4S. The summed E-state index contributed by atoms with van der Waals surface area (Å²) in [7, 11) is -3.25. The van der Waals surface area contributed by atoms with Gasteiger partial charge < -0.3 is 14.8 Å². The number of aliphatic hydroxyl groups excluding tert-OH is 1. The van der Waals surface area contributed by atoms with Gasteiger partial charge in [-0.05, 0) is 37.8 Å². The molecule has 8 nitrogen and oxygen atoms in total. The third kappa shape index (κ3) is 4.48. The van der Waals surface area contributed by atoms with Crippen LogP contribution in [0.3, 0.4) is 0 Å². The van der Waals surface area contributed by atoms with Gasteiger partial charge in [0.1, 0.15) is 5.82 Å². The largest absolute Gasteiger partial charge is 0.396 e. The molecule has 1 aliphatic rings. The van der Waals surface area contributed by atoms with E-state index >= 15 is 0 Å². The zero-order valence-electron chi connectivity index (χ0n) is 15.5. The van der Waals surface area contributed by atoms with Crippen LogP contribution >= 0.6 is 0 Å². The van der Waals surface area contributed by atoms with Crippen molar-refractivity contribution in [1.29, 1.82) is 0 Å². The molecule has 0 saturated carbocycles. The molecule has 3 rings (SSSR count). The molecule has 9 heteroatoms. The fourth-order valence-corrected chi connectivity index (χ4v) is 4.40. The maximum absolute atomic E-state index is 12.6.